The lowest BCUT2D eigenvalue weighted by Gasteiger charge is -2.11. The van der Waals surface area contributed by atoms with Gasteiger partial charge in [-0.25, -0.2) is 8.42 Å². The van der Waals surface area contributed by atoms with Crippen molar-refractivity contribution in [2.75, 3.05) is 0 Å². The number of hydrogen-bond acceptors (Lipinski definition) is 4. The lowest BCUT2D eigenvalue weighted by Crippen LogP contribution is -2.36. The van der Waals surface area contributed by atoms with Gasteiger partial charge in [-0.15, -0.1) is 0 Å². The molecule has 0 aliphatic heterocycles. The maximum atomic E-state index is 12.3. The van der Waals surface area contributed by atoms with Crippen LogP contribution in [0, 0.1) is 0 Å². The van der Waals surface area contributed by atoms with Gasteiger partial charge in [-0.1, -0.05) is 36.4 Å². The van der Waals surface area contributed by atoms with Crippen LogP contribution in [0.5, 0.6) is 0 Å². The molecule has 1 N–H and O–H groups in total. The summed E-state index contributed by atoms with van der Waals surface area (Å²) in [5.41, 5.74) is 0. The zero-order valence-electron chi connectivity index (χ0n) is 10.4. The summed E-state index contributed by atoms with van der Waals surface area (Å²) in [7, 11) is -3.91. The average Bonchev–Trinajstić information content (AvgIpc) is 2.46. The molecule has 102 valence electrons. The van der Waals surface area contributed by atoms with Crippen LogP contribution in [0.1, 0.15) is 6.42 Å². The van der Waals surface area contributed by atoms with Gasteiger partial charge in [-0.2, -0.15) is 4.72 Å². The third-order valence-electron chi connectivity index (χ3n) is 2.77. The van der Waals surface area contributed by atoms with Gasteiger partial charge in [0.1, 0.15) is 0 Å². The van der Waals surface area contributed by atoms with E-state index in [0.717, 1.165) is 5.39 Å². The minimum absolute atomic E-state index is 0.0572. The van der Waals surface area contributed by atoms with Gasteiger partial charge >= 0.3 is 0 Å². The fourth-order valence-electron chi connectivity index (χ4n) is 1.87. The molecule has 0 fully saturated rings. The second-order valence-electron chi connectivity index (χ2n) is 4.12. The number of nitrogens with one attached hydrogen (secondary N) is 1. The summed E-state index contributed by atoms with van der Waals surface area (Å²) in [6, 6.07) is 10.6. The summed E-state index contributed by atoms with van der Waals surface area (Å²) in [6.45, 7) is 0. The molecule has 0 saturated carbocycles. The highest BCUT2D eigenvalue weighted by Gasteiger charge is 2.22. The van der Waals surface area contributed by atoms with Gasteiger partial charge in [0.25, 0.3) is 0 Å². The molecule has 0 spiro atoms. The van der Waals surface area contributed by atoms with Crippen molar-refractivity contribution in [2.45, 2.75) is 17.4 Å². The van der Waals surface area contributed by atoms with E-state index in [1.54, 1.807) is 36.4 Å². The minimum Gasteiger partial charge on any atom is -0.291 e. The monoisotopic (exact) mass is 289 g/mol. The molecule has 0 unspecified atom stereocenters. The SMILES string of the molecule is O=[C]C[C@@H]([C]=O)NS(=O)(=O)c1cccc2ccccc12. The van der Waals surface area contributed by atoms with Crippen LogP contribution in [-0.4, -0.2) is 27.0 Å². The molecule has 0 aromatic heterocycles. The van der Waals surface area contributed by atoms with Crippen molar-refractivity contribution in [1.29, 1.82) is 0 Å². The summed E-state index contributed by atoms with van der Waals surface area (Å²) in [4.78, 5) is 21.0. The molecule has 0 aliphatic rings. The van der Waals surface area contributed by atoms with Gasteiger partial charge in [-0.05, 0) is 11.5 Å². The first-order chi connectivity index (χ1) is 9.58. The van der Waals surface area contributed by atoms with Gasteiger partial charge in [0.2, 0.25) is 22.6 Å². The maximum Gasteiger partial charge on any atom is 0.241 e. The van der Waals surface area contributed by atoms with E-state index in [-0.39, 0.29) is 11.3 Å². The highest BCUT2D eigenvalue weighted by Crippen LogP contribution is 2.22. The van der Waals surface area contributed by atoms with Crippen molar-refractivity contribution in [3.63, 3.8) is 0 Å². The molecule has 5 nitrogen and oxygen atoms in total. The van der Waals surface area contributed by atoms with E-state index in [1.807, 2.05) is 0 Å². The van der Waals surface area contributed by atoms with Crippen LogP contribution in [0.3, 0.4) is 0 Å². The number of benzene rings is 2. The highest BCUT2D eigenvalue weighted by molar-refractivity contribution is 7.89. The normalized spacial score (nSPS) is 13.0. The molecule has 2 rings (SSSR count). The first kappa shape index (κ1) is 14.4. The predicted molar refractivity (Wildman–Crippen MR) is 74.1 cm³/mol. The van der Waals surface area contributed by atoms with Crippen molar-refractivity contribution in [1.82, 2.24) is 4.72 Å². The first-order valence-corrected chi connectivity index (χ1v) is 7.29. The summed E-state index contributed by atoms with van der Waals surface area (Å²) < 4.78 is 26.7. The van der Waals surface area contributed by atoms with Crippen LogP contribution in [-0.2, 0) is 19.6 Å². The Kier molecular flexibility index (Phi) is 4.26. The quantitative estimate of drug-likeness (QED) is 0.863. The van der Waals surface area contributed by atoms with Gasteiger partial charge in [0.05, 0.1) is 10.9 Å². The molecular weight excluding hydrogens is 278 g/mol. The van der Waals surface area contributed by atoms with E-state index in [0.29, 0.717) is 5.39 Å². The summed E-state index contributed by atoms with van der Waals surface area (Å²) in [5.74, 6) is 0. The zero-order valence-corrected chi connectivity index (χ0v) is 11.2. The predicted octanol–water partition coefficient (Wildman–Crippen LogP) is 1.10. The number of sulfonamides is 1. The van der Waals surface area contributed by atoms with Crippen molar-refractivity contribution in [3.05, 3.63) is 42.5 Å². The van der Waals surface area contributed by atoms with Gasteiger partial charge in [0.15, 0.2) is 0 Å². The van der Waals surface area contributed by atoms with E-state index in [4.69, 9.17) is 0 Å². The minimum atomic E-state index is -3.91. The van der Waals surface area contributed by atoms with E-state index >= 15 is 0 Å². The molecule has 2 radical (unpaired) electrons. The van der Waals surface area contributed by atoms with Crippen LogP contribution in [0.25, 0.3) is 10.8 Å². The number of carbonyl (C=O) groups excluding carboxylic acids is 2. The Labute approximate surface area is 116 Å². The Morgan fingerprint density at radius 2 is 1.75 bits per heavy atom. The number of fused-ring (bicyclic) bond motifs is 1. The van der Waals surface area contributed by atoms with E-state index in [2.05, 4.69) is 4.72 Å². The molecular formula is C14H11NO4S. The largest absolute Gasteiger partial charge is 0.291 e. The lowest BCUT2D eigenvalue weighted by molar-refractivity contribution is 0.518. The topological polar surface area (TPSA) is 80.3 Å². The Hall–Kier alpha value is -2.05. The van der Waals surface area contributed by atoms with Crippen molar-refractivity contribution < 1.29 is 18.0 Å². The summed E-state index contributed by atoms with van der Waals surface area (Å²) >= 11 is 0. The van der Waals surface area contributed by atoms with Crippen LogP contribution in [0.2, 0.25) is 0 Å². The fraction of sp³-hybridized carbons (Fsp3) is 0.143. The van der Waals surface area contributed by atoms with Crippen molar-refractivity contribution in [3.8, 4) is 0 Å². The molecule has 0 aliphatic carbocycles. The molecule has 0 bridgehead atoms. The molecule has 2 aromatic rings. The standard InChI is InChI=1S/C14H11NO4S/c16-9-8-12(10-17)15-20(18,19)14-7-3-5-11-4-1-2-6-13(11)14/h1-7,12,15H,8H2/t12-/m0/s1. The third kappa shape index (κ3) is 2.92. The maximum absolute atomic E-state index is 12.3. The Balaban J connectivity index is 2.46. The van der Waals surface area contributed by atoms with Crippen LogP contribution < -0.4 is 4.72 Å². The molecule has 6 heteroatoms. The van der Waals surface area contributed by atoms with E-state index in [9.17, 15) is 18.0 Å². The second kappa shape index (κ2) is 5.94. The fourth-order valence-corrected chi connectivity index (χ4v) is 3.24. The Bertz CT molecular complexity index is 734. The van der Waals surface area contributed by atoms with Crippen LogP contribution in [0.15, 0.2) is 47.4 Å². The summed E-state index contributed by atoms with van der Waals surface area (Å²) in [5, 5.41) is 1.31. The van der Waals surface area contributed by atoms with E-state index in [1.165, 1.54) is 18.6 Å². The van der Waals surface area contributed by atoms with Gasteiger partial charge in [-0.3, -0.25) is 9.59 Å². The molecule has 2 aromatic carbocycles. The van der Waals surface area contributed by atoms with Crippen molar-refractivity contribution >= 4 is 33.4 Å². The van der Waals surface area contributed by atoms with E-state index < -0.39 is 16.1 Å². The smallest absolute Gasteiger partial charge is 0.241 e. The summed E-state index contributed by atoms with van der Waals surface area (Å²) in [6.07, 6.45) is 2.60. The lowest BCUT2D eigenvalue weighted by atomic mass is 10.1. The molecule has 20 heavy (non-hydrogen) atoms. The zero-order chi connectivity index (χ0) is 14.6. The molecule has 0 saturated heterocycles. The molecule has 0 heterocycles. The van der Waals surface area contributed by atoms with Gasteiger partial charge in [0, 0.05) is 11.8 Å². The second-order valence-corrected chi connectivity index (χ2v) is 5.80. The number of rotatable bonds is 6. The highest BCUT2D eigenvalue weighted by atomic mass is 32.2. The van der Waals surface area contributed by atoms with Crippen molar-refractivity contribution in [2.24, 2.45) is 0 Å². The number of hydrogen-bond donors (Lipinski definition) is 1. The van der Waals surface area contributed by atoms with Crippen LogP contribution >= 0.6 is 0 Å². The Morgan fingerprint density at radius 3 is 2.45 bits per heavy atom. The molecule has 1 atom stereocenters. The average molecular weight is 289 g/mol. The Morgan fingerprint density at radius 1 is 1.05 bits per heavy atom. The third-order valence-corrected chi connectivity index (χ3v) is 4.30. The molecule has 0 amide bonds. The first-order valence-electron chi connectivity index (χ1n) is 5.81. The van der Waals surface area contributed by atoms with Crippen LogP contribution in [0.4, 0.5) is 0 Å². The van der Waals surface area contributed by atoms with Gasteiger partial charge < -0.3 is 0 Å².